The Morgan fingerprint density at radius 1 is 1.04 bits per heavy atom. The minimum Gasteiger partial charge on any atom is -0.493 e. The molecule has 0 aromatic heterocycles. The van der Waals surface area contributed by atoms with Crippen LogP contribution in [0, 0.1) is 11.6 Å². The molecule has 0 aliphatic heterocycles. The zero-order valence-electron chi connectivity index (χ0n) is 14.1. The molecule has 7 heteroatoms. The van der Waals surface area contributed by atoms with Crippen LogP contribution in [0.25, 0.3) is 0 Å². The maximum absolute atomic E-state index is 13.5. The van der Waals surface area contributed by atoms with Crippen molar-refractivity contribution in [3.8, 4) is 11.5 Å². The van der Waals surface area contributed by atoms with Crippen molar-refractivity contribution in [2.75, 3.05) is 26.1 Å². The van der Waals surface area contributed by atoms with Gasteiger partial charge >= 0.3 is 0 Å². The van der Waals surface area contributed by atoms with Gasteiger partial charge in [-0.05, 0) is 29.8 Å². The van der Waals surface area contributed by atoms with E-state index in [9.17, 15) is 13.6 Å². The van der Waals surface area contributed by atoms with E-state index < -0.39 is 11.6 Å². The summed E-state index contributed by atoms with van der Waals surface area (Å²) in [4.78, 5) is 11.8. The van der Waals surface area contributed by atoms with E-state index >= 15 is 0 Å². The van der Waals surface area contributed by atoms with Gasteiger partial charge in [0.2, 0.25) is 5.91 Å². The largest absolute Gasteiger partial charge is 0.493 e. The molecule has 0 unspecified atom stereocenters. The first-order valence-electron chi connectivity index (χ1n) is 7.70. The number of halogens is 2. The number of carbonyl (C=O) groups excluding carboxylic acids is 1. The Balaban J connectivity index is 1.78. The topological polar surface area (TPSA) is 59.6 Å². The molecule has 0 bridgehead atoms. The highest BCUT2D eigenvalue weighted by atomic mass is 19.1. The van der Waals surface area contributed by atoms with E-state index in [1.165, 1.54) is 6.07 Å². The average molecular weight is 350 g/mol. The number of hydrogen-bond acceptors (Lipinski definition) is 4. The molecule has 0 saturated heterocycles. The molecule has 0 atom stereocenters. The molecule has 1 amide bonds. The summed E-state index contributed by atoms with van der Waals surface area (Å²) in [5.74, 6) is -0.567. The molecule has 2 rings (SSSR count). The quantitative estimate of drug-likeness (QED) is 0.719. The highest BCUT2D eigenvalue weighted by Gasteiger charge is 2.08. The lowest BCUT2D eigenvalue weighted by Crippen LogP contribution is -2.22. The second-order valence-electron chi connectivity index (χ2n) is 5.29. The lowest BCUT2D eigenvalue weighted by molar-refractivity contribution is -0.116. The molecule has 0 saturated carbocycles. The number of rotatable bonds is 8. The fourth-order valence-corrected chi connectivity index (χ4v) is 2.23. The number of benzene rings is 2. The zero-order chi connectivity index (χ0) is 18.2. The molecular formula is C18H20F2N2O3. The minimum absolute atomic E-state index is 0.0358. The van der Waals surface area contributed by atoms with Gasteiger partial charge in [-0.25, -0.2) is 8.78 Å². The van der Waals surface area contributed by atoms with Crippen molar-refractivity contribution in [1.29, 1.82) is 0 Å². The second kappa shape index (κ2) is 8.98. The van der Waals surface area contributed by atoms with Gasteiger partial charge in [-0.15, -0.1) is 0 Å². The van der Waals surface area contributed by atoms with Crippen molar-refractivity contribution in [2.45, 2.75) is 13.0 Å². The van der Waals surface area contributed by atoms with Gasteiger partial charge in [0.15, 0.2) is 11.5 Å². The highest BCUT2D eigenvalue weighted by molar-refractivity contribution is 5.90. The van der Waals surface area contributed by atoms with Gasteiger partial charge in [0.1, 0.15) is 11.6 Å². The number of carbonyl (C=O) groups is 1. The fourth-order valence-electron chi connectivity index (χ4n) is 2.23. The van der Waals surface area contributed by atoms with Crippen LogP contribution in [-0.2, 0) is 11.3 Å². The summed E-state index contributed by atoms with van der Waals surface area (Å²) in [5.41, 5.74) is 0.939. The van der Waals surface area contributed by atoms with Crippen LogP contribution in [0.3, 0.4) is 0 Å². The standard InChI is InChI=1S/C18H20F2N2O3/c1-24-16-6-3-12(9-17(16)25-2)11-21-8-7-18(23)22-15-5-4-13(19)10-14(15)20/h3-6,9-10,21H,7-8,11H2,1-2H3,(H,22,23). The van der Waals surface area contributed by atoms with Crippen LogP contribution in [0.2, 0.25) is 0 Å². The van der Waals surface area contributed by atoms with Crippen molar-refractivity contribution in [3.63, 3.8) is 0 Å². The van der Waals surface area contributed by atoms with Crippen molar-refractivity contribution in [2.24, 2.45) is 0 Å². The van der Waals surface area contributed by atoms with Crippen LogP contribution in [0.5, 0.6) is 11.5 Å². The molecule has 0 spiro atoms. The number of anilines is 1. The van der Waals surface area contributed by atoms with E-state index in [2.05, 4.69) is 10.6 Å². The summed E-state index contributed by atoms with van der Waals surface area (Å²) >= 11 is 0. The van der Waals surface area contributed by atoms with Crippen LogP contribution in [-0.4, -0.2) is 26.7 Å². The molecule has 134 valence electrons. The molecule has 2 aromatic rings. The summed E-state index contributed by atoms with van der Waals surface area (Å²) in [6, 6.07) is 8.56. The summed E-state index contributed by atoms with van der Waals surface area (Å²) < 4.78 is 36.7. The SMILES string of the molecule is COc1ccc(CNCCC(=O)Nc2ccc(F)cc2F)cc1OC. The summed E-state index contributed by atoms with van der Waals surface area (Å²) in [6.07, 6.45) is 0.157. The lowest BCUT2D eigenvalue weighted by atomic mass is 10.2. The molecule has 0 fully saturated rings. The third-order valence-corrected chi connectivity index (χ3v) is 3.51. The number of hydrogen-bond donors (Lipinski definition) is 2. The van der Waals surface area contributed by atoms with Gasteiger partial charge in [-0.1, -0.05) is 6.07 Å². The molecule has 2 N–H and O–H groups in total. The third kappa shape index (κ3) is 5.42. The summed E-state index contributed by atoms with van der Waals surface area (Å²) in [5, 5.41) is 5.53. The minimum atomic E-state index is -0.799. The van der Waals surface area contributed by atoms with Gasteiger partial charge in [0.05, 0.1) is 19.9 Å². The van der Waals surface area contributed by atoms with Crippen molar-refractivity contribution in [3.05, 3.63) is 53.6 Å². The maximum Gasteiger partial charge on any atom is 0.225 e. The van der Waals surface area contributed by atoms with E-state index in [-0.39, 0.29) is 18.0 Å². The number of amides is 1. The Hall–Kier alpha value is -2.67. The second-order valence-corrected chi connectivity index (χ2v) is 5.29. The van der Waals surface area contributed by atoms with Crippen LogP contribution in [0.1, 0.15) is 12.0 Å². The molecular weight excluding hydrogens is 330 g/mol. The van der Waals surface area contributed by atoms with E-state index in [1.807, 2.05) is 12.1 Å². The predicted octanol–water partition coefficient (Wildman–Crippen LogP) is 3.10. The van der Waals surface area contributed by atoms with E-state index in [4.69, 9.17) is 9.47 Å². The van der Waals surface area contributed by atoms with E-state index in [0.29, 0.717) is 24.6 Å². The zero-order valence-corrected chi connectivity index (χ0v) is 14.1. The van der Waals surface area contributed by atoms with Crippen LogP contribution >= 0.6 is 0 Å². The highest BCUT2D eigenvalue weighted by Crippen LogP contribution is 2.27. The first-order valence-corrected chi connectivity index (χ1v) is 7.70. The molecule has 5 nitrogen and oxygen atoms in total. The van der Waals surface area contributed by atoms with Crippen LogP contribution < -0.4 is 20.1 Å². The van der Waals surface area contributed by atoms with Gasteiger partial charge < -0.3 is 20.1 Å². The molecule has 0 heterocycles. The van der Waals surface area contributed by atoms with Gasteiger partial charge in [-0.2, -0.15) is 0 Å². The van der Waals surface area contributed by atoms with E-state index in [0.717, 1.165) is 17.7 Å². The molecule has 25 heavy (non-hydrogen) atoms. The Morgan fingerprint density at radius 2 is 1.80 bits per heavy atom. The lowest BCUT2D eigenvalue weighted by Gasteiger charge is -2.10. The smallest absolute Gasteiger partial charge is 0.225 e. The first kappa shape index (κ1) is 18.7. The Labute approximate surface area is 144 Å². The van der Waals surface area contributed by atoms with Crippen LogP contribution in [0.4, 0.5) is 14.5 Å². The molecule has 0 radical (unpaired) electrons. The Kier molecular flexibility index (Phi) is 6.71. The molecule has 0 aliphatic carbocycles. The van der Waals surface area contributed by atoms with Gasteiger partial charge in [0, 0.05) is 25.6 Å². The van der Waals surface area contributed by atoms with Gasteiger partial charge in [0.25, 0.3) is 0 Å². The first-order chi connectivity index (χ1) is 12.0. The Morgan fingerprint density at radius 3 is 2.48 bits per heavy atom. The van der Waals surface area contributed by atoms with Crippen LogP contribution in [0.15, 0.2) is 36.4 Å². The van der Waals surface area contributed by atoms with E-state index in [1.54, 1.807) is 20.3 Å². The van der Waals surface area contributed by atoms with Gasteiger partial charge in [-0.3, -0.25) is 4.79 Å². The fraction of sp³-hybridized carbons (Fsp3) is 0.278. The molecule has 0 aliphatic rings. The third-order valence-electron chi connectivity index (χ3n) is 3.51. The number of methoxy groups -OCH3 is 2. The summed E-state index contributed by atoms with van der Waals surface area (Å²) in [7, 11) is 3.13. The summed E-state index contributed by atoms with van der Waals surface area (Å²) in [6.45, 7) is 0.946. The predicted molar refractivity (Wildman–Crippen MR) is 90.9 cm³/mol. The monoisotopic (exact) mass is 350 g/mol. The normalized spacial score (nSPS) is 10.4. The van der Waals surface area contributed by atoms with Crippen molar-refractivity contribution in [1.82, 2.24) is 5.32 Å². The number of nitrogens with one attached hydrogen (secondary N) is 2. The Bertz CT molecular complexity index is 738. The van der Waals surface area contributed by atoms with Crippen molar-refractivity contribution < 1.29 is 23.0 Å². The number of ether oxygens (including phenoxy) is 2. The maximum atomic E-state index is 13.5. The molecule has 2 aromatic carbocycles. The average Bonchev–Trinajstić information content (AvgIpc) is 2.61. The van der Waals surface area contributed by atoms with Crippen molar-refractivity contribution >= 4 is 11.6 Å².